The molecule has 2 aliphatic rings. The summed E-state index contributed by atoms with van der Waals surface area (Å²) < 4.78 is 5.68. The van der Waals surface area contributed by atoms with Crippen LogP contribution in [0.15, 0.2) is 23.4 Å². The van der Waals surface area contributed by atoms with Gasteiger partial charge < -0.3 is 9.57 Å². The van der Waals surface area contributed by atoms with Gasteiger partial charge in [0.2, 0.25) is 0 Å². The lowest BCUT2D eigenvalue weighted by molar-refractivity contribution is -0.188. The van der Waals surface area contributed by atoms with Crippen LogP contribution in [0.1, 0.15) is 18.4 Å². The molecule has 0 N–H and O–H groups in total. The summed E-state index contributed by atoms with van der Waals surface area (Å²) in [4.78, 5) is 5.33. The molecule has 3 rings (SSSR count). The second-order valence-corrected chi connectivity index (χ2v) is 6.02. The quantitative estimate of drug-likeness (QED) is 0.717. The summed E-state index contributed by atoms with van der Waals surface area (Å²) in [5.41, 5.74) is 1.39. The summed E-state index contributed by atoms with van der Waals surface area (Å²) in [6.07, 6.45) is 1.76. The third kappa shape index (κ3) is 1.86. The molecule has 2 atom stereocenters. The molecule has 0 aromatic heterocycles. The van der Waals surface area contributed by atoms with Gasteiger partial charge in [0.15, 0.2) is 0 Å². The largest absolute Gasteiger partial charge is 0.358 e. The average molecular weight is 351 g/mol. The minimum atomic E-state index is -0.697. The molecule has 2 aliphatic heterocycles. The van der Waals surface area contributed by atoms with E-state index in [1.807, 2.05) is 0 Å². The fourth-order valence-electron chi connectivity index (χ4n) is 2.25. The third-order valence-corrected chi connectivity index (χ3v) is 4.92. The normalized spacial score (nSPS) is 30.6. The molecule has 18 heavy (non-hydrogen) atoms. The molecular weight excluding hydrogens is 341 g/mol. The van der Waals surface area contributed by atoms with Crippen molar-refractivity contribution < 1.29 is 9.57 Å². The van der Waals surface area contributed by atoms with Crippen molar-refractivity contribution in [2.75, 3.05) is 6.61 Å². The molecule has 96 valence electrons. The van der Waals surface area contributed by atoms with Gasteiger partial charge in [0, 0.05) is 12.0 Å². The number of ether oxygens (including phenoxy) is 1. The van der Waals surface area contributed by atoms with Gasteiger partial charge in [0.05, 0.1) is 16.7 Å². The fourth-order valence-corrected chi connectivity index (χ4v) is 3.60. The number of nitrogens with zero attached hydrogens (tertiary/aromatic N) is 1. The van der Waals surface area contributed by atoms with Crippen molar-refractivity contribution in [1.29, 1.82) is 0 Å². The molecule has 0 saturated carbocycles. The molecular formula is C12H10BrCl2NO2. The highest BCUT2D eigenvalue weighted by Crippen LogP contribution is 2.42. The molecule has 0 aliphatic carbocycles. The number of halogens is 3. The van der Waals surface area contributed by atoms with Crippen molar-refractivity contribution >= 4 is 44.8 Å². The summed E-state index contributed by atoms with van der Waals surface area (Å²) in [6, 6.07) is 5.37. The lowest BCUT2D eigenvalue weighted by Gasteiger charge is -2.24. The first-order valence-corrected chi connectivity index (χ1v) is 7.30. The second-order valence-electron chi connectivity index (χ2n) is 4.29. The van der Waals surface area contributed by atoms with Crippen LogP contribution in [0.2, 0.25) is 10.0 Å². The van der Waals surface area contributed by atoms with E-state index in [0.29, 0.717) is 27.9 Å². The second kappa shape index (κ2) is 4.67. The Labute approximate surface area is 123 Å². The fraction of sp³-hybridized carbons (Fsp3) is 0.417. The van der Waals surface area contributed by atoms with Crippen LogP contribution in [0.25, 0.3) is 0 Å². The molecule has 1 fully saturated rings. The molecule has 1 saturated heterocycles. The highest BCUT2D eigenvalue weighted by molar-refractivity contribution is 9.10. The van der Waals surface area contributed by atoms with Crippen LogP contribution in [0, 0.1) is 0 Å². The van der Waals surface area contributed by atoms with Gasteiger partial charge in [-0.05, 0) is 18.6 Å². The van der Waals surface area contributed by atoms with Crippen molar-refractivity contribution in [3.8, 4) is 0 Å². The lowest BCUT2D eigenvalue weighted by atomic mass is 10.0. The first-order chi connectivity index (χ1) is 8.64. The van der Waals surface area contributed by atoms with Gasteiger partial charge in [-0.1, -0.05) is 50.4 Å². The Morgan fingerprint density at radius 3 is 2.67 bits per heavy atom. The number of hydrogen-bond acceptors (Lipinski definition) is 3. The first-order valence-electron chi connectivity index (χ1n) is 5.62. The zero-order valence-electron chi connectivity index (χ0n) is 9.33. The summed E-state index contributed by atoms with van der Waals surface area (Å²) in [7, 11) is 0. The van der Waals surface area contributed by atoms with Crippen LogP contribution in [-0.4, -0.2) is 22.9 Å². The Morgan fingerprint density at radius 1 is 1.33 bits per heavy atom. The van der Waals surface area contributed by atoms with E-state index in [9.17, 15) is 0 Å². The van der Waals surface area contributed by atoms with Crippen molar-refractivity contribution in [2.45, 2.75) is 23.5 Å². The molecule has 1 aromatic carbocycles. The summed E-state index contributed by atoms with van der Waals surface area (Å²) in [5, 5.41) is 5.24. The molecule has 0 unspecified atom stereocenters. The average Bonchev–Trinajstić information content (AvgIpc) is 2.92. The predicted molar refractivity (Wildman–Crippen MR) is 74.7 cm³/mol. The molecule has 0 bridgehead atoms. The number of rotatable bonds is 1. The molecule has 2 heterocycles. The van der Waals surface area contributed by atoms with E-state index in [1.165, 1.54) is 0 Å². The first kappa shape index (κ1) is 12.7. The maximum Gasteiger partial charge on any atom is 0.255 e. The van der Waals surface area contributed by atoms with Gasteiger partial charge in [-0.3, -0.25) is 0 Å². The van der Waals surface area contributed by atoms with Gasteiger partial charge in [-0.2, -0.15) is 0 Å². The van der Waals surface area contributed by atoms with Crippen LogP contribution in [-0.2, 0) is 9.57 Å². The Bertz CT molecular complexity index is 495. The SMILES string of the molecule is Clc1cccc(Cl)c1C1=NO[C@@]2(CCCO2)[C@H]1Br. The number of alkyl halides is 1. The van der Waals surface area contributed by atoms with Crippen molar-refractivity contribution in [1.82, 2.24) is 0 Å². The maximum absolute atomic E-state index is 6.19. The van der Waals surface area contributed by atoms with E-state index in [1.54, 1.807) is 18.2 Å². The van der Waals surface area contributed by atoms with Crippen molar-refractivity contribution in [3.63, 3.8) is 0 Å². The molecule has 1 aromatic rings. The number of benzene rings is 1. The minimum Gasteiger partial charge on any atom is -0.358 e. The van der Waals surface area contributed by atoms with E-state index in [4.69, 9.17) is 32.8 Å². The third-order valence-electron chi connectivity index (χ3n) is 3.16. The highest BCUT2D eigenvalue weighted by Gasteiger charge is 2.52. The number of oxime groups is 1. The molecule has 1 spiro atoms. The van der Waals surface area contributed by atoms with Crippen LogP contribution >= 0.6 is 39.1 Å². The van der Waals surface area contributed by atoms with E-state index >= 15 is 0 Å². The highest BCUT2D eigenvalue weighted by atomic mass is 79.9. The van der Waals surface area contributed by atoms with Gasteiger partial charge in [0.1, 0.15) is 10.5 Å². The van der Waals surface area contributed by atoms with Crippen LogP contribution in [0.3, 0.4) is 0 Å². The summed E-state index contributed by atoms with van der Waals surface area (Å²) in [5.74, 6) is -0.697. The summed E-state index contributed by atoms with van der Waals surface area (Å²) >= 11 is 16.0. The topological polar surface area (TPSA) is 30.8 Å². The van der Waals surface area contributed by atoms with Gasteiger partial charge in [-0.15, -0.1) is 0 Å². The minimum absolute atomic E-state index is 0.162. The van der Waals surface area contributed by atoms with Crippen LogP contribution in [0.4, 0.5) is 0 Å². The van der Waals surface area contributed by atoms with Crippen molar-refractivity contribution in [2.24, 2.45) is 5.16 Å². The Balaban J connectivity index is 1.99. The van der Waals surface area contributed by atoms with Gasteiger partial charge >= 0.3 is 0 Å². The zero-order valence-corrected chi connectivity index (χ0v) is 12.4. The smallest absolute Gasteiger partial charge is 0.255 e. The molecule has 0 radical (unpaired) electrons. The predicted octanol–water partition coefficient (Wildman–Crippen LogP) is 4.00. The van der Waals surface area contributed by atoms with E-state index < -0.39 is 5.79 Å². The Hall–Kier alpha value is -0.290. The Morgan fingerprint density at radius 2 is 2.06 bits per heavy atom. The van der Waals surface area contributed by atoms with Crippen LogP contribution in [0.5, 0.6) is 0 Å². The van der Waals surface area contributed by atoms with E-state index in [0.717, 1.165) is 12.8 Å². The zero-order chi connectivity index (χ0) is 12.8. The molecule has 3 nitrogen and oxygen atoms in total. The van der Waals surface area contributed by atoms with Crippen LogP contribution < -0.4 is 0 Å². The monoisotopic (exact) mass is 349 g/mol. The van der Waals surface area contributed by atoms with E-state index in [-0.39, 0.29) is 4.83 Å². The maximum atomic E-state index is 6.19. The van der Waals surface area contributed by atoms with E-state index in [2.05, 4.69) is 21.1 Å². The lowest BCUT2D eigenvalue weighted by Crippen LogP contribution is -2.39. The standard InChI is InChI=1S/C12H10BrCl2NO2/c13-11-10(9-7(14)3-1-4-8(9)15)16-18-12(11)5-2-6-17-12/h1,3-4,11H,2,5-6H2/t11-,12-/m0/s1. The molecule has 0 amide bonds. The van der Waals surface area contributed by atoms with Gasteiger partial charge in [0.25, 0.3) is 5.79 Å². The van der Waals surface area contributed by atoms with Crippen molar-refractivity contribution in [3.05, 3.63) is 33.8 Å². The Kier molecular flexibility index (Phi) is 3.30. The number of hydrogen-bond donors (Lipinski definition) is 0. The van der Waals surface area contributed by atoms with Gasteiger partial charge in [-0.25, -0.2) is 0 Å². The summed E-state index contributed by atoms with van der Waals surface area (Å²) in [6.45, 7) is 0.682. The molecule has 6 heteroatoms.